The zero-order chi connectivity index (χ0) is 15.5. The molecule has 0 aliphatic carbocycles. The fourth-order valence-electron chi connectivity index (χ4n) is 1.63. The van der Waals surface area contributed by atoms with Gasteiger partial charge in [-0.25, -0.2) is 0 Å². The van der Waals surface area contributed by atoms with Crippen LogP contribution in [0.5, 0.6) is 0 Å². The molecule has 2 rings (SSSR count). The quantitative estimate of drug-likeness (QED) is 0.879. The van der Waals surface area contributed by atoms with E-state index in [2.05, 4.69) is 15.5 Å². The summed E-state index contributed by atoms with van der Waals surface area (Å²) in [5, 5.41) is 11.0. The van der Waals surface area contributed by atoms with Crippen molar-refractivity contribution in [2.24, 2.45) is 0 Å². The monoisotopic (exact) mass is 305 g/mol. The Balaban J connectivity index is 2.01. The van der Waals surface area contributed by atoms with E-state index in [1.807, 2.05) is 58.0 Å². The Morgan fingerprint density at radius 1 is 1.24 bits per heavy atom. The number of nitrogens with zero attached hydrogens (tertiary/aromatic N) is 2. The van der Waals surface area contributed by atoms with Crippen LogP contribution in [0.4, 0.5) is 0 Å². The molecular weight excluding hydrogens is 286 g/mol. The SMILES string of the molecule is C[C@@H](Sc1nnc(-c2ccccc2)o1)C(=O)NC(C)(C)C. The van der Waals surface area contributed by atoms with Crippen LogP contribution in [0.2, 0.25) is 0 Å². The van der Waals surface area contributed by atoms with Crippen LogP contribution in [0.3, 0.4) is 0 Å². The first-order valence-corrected chi connectivity index (χ1v) is 7.61. The first-order chi connectivity index (χ1) is 9.85. The maximum atomic E-state index is 12.0. The Labute approximate surface area is 128 Å². The Morgan fingerprint density at radius 3 is 2.52 bits per heavy atom. The van der Waals surface area contributed by atoms with Crippen molar-refractivity contribution in [3.05, 3.63) is 30.3 Å². The molecule has 1 heterocycles. The van der Waals surface area contributed by atoms with Crippen LogP contribution >= 0.6 is 11.8 Å². The molecule has 112 valence electrons. The Kier molecular flexibility index (Phi) is 4.67. The third-order valence-electron chi connectivity index (χ3n) is 2.57. The first-order valence-electron chi connectivity index (χ1n) is 6.73. The van der Waals surface area contributed by atoms with Crippen LogP contribution in [0.1, 0.15) is 27.7 Å². The van der Waals surface area contributed by atoms with Crippen molar-refractivity contribution in [2.45, 2.75) is 43.7 Å². The van der Waals surface area contributed by atoms with Crippen LogP contribution in [0, 0.1) is 0 Å². The predicted molar refractivity (Wildman–Crippen MR) is 82.9 cm³/mol. The van der Waals surface area contributed by atoms with Crippen molar-refractivity contribution in [3.63, 3.8) is 0 Å². The summed E-state index contributed by atoms with van der Waals surface area (Å²) in [5.41, 5.74) is 0.610. The highest BCUT2D eigenvalue weighted by atomic mass is 32.2. The smallest absolute Gasteiger partial charge is 0.277 e. The molecule has 21 heavy (non-hydrogen) atoms. The molecular formula is C15H19N3O2S. The summed E-state index contributed by atoms with van der Waals surface area (Å²) in [6, 6.07) is 9.54. The van der Waals surface area contributed by atoms with E-state index >= 15 is 0 Å². The number of carbonyl (C=O) groups excluding carboxylic acids is 1. The normalized spacial score (nSPS) is 13.0. The predicted octanol–water partition coefficient (Wildman–Crippen LogP) is 3.13. The molecule has 0 bridgehead atoms. The molecule has 0 aliphatic rings. The lowest BCUT2D eigenvalue weighted by Gasteiger charge is -2.22. The van der Waals surface area contributed by atoms with Gasteiger partial charge in [-0.15, -0.1) is 10.2 Å². The summed E-state index contributed by atoms with van der Waals surface area (Å²) in [5.74, 6) is 0.411. The van der Waals surface area contributed by atoms with Crippen LogP contribution < -0.4 is 5.32 Å². The number of hydrogen-bond acceptors (Lipinski definition) is 5. The zero-order valence-electron chi connectivity index (χ0n) is 12.6. The van der Waals surface area contributed by atoms with Gasteiger partial charge in [0, 0.05) is 11.1 Å². The van der Waals surface area contributed by atoms with Crippen molar-refractivity contribution in [1.29, 1.82) is 0 Å². The molecule has 1 aromatic heterocycles. The lowest BCUT2D eigenvalue weighted by molar-refractivity contribution is -0.121. The average Bonchev–Trinajstić information content (AvgIpc) is 2.86. The van der Waals surface area contributed by atoms with E-state index in [-0.39, 0.29) is 16.7 Å². The van der Waals surface area contributed by atoms with Gasteiger partial charge in [0.1, 0.15) is 0 Å². The number of amides is 1. The van der Waals surface area contributed by atoms with Gasteiger partial charge in [-0.3, -0.25) is 4.79 Å². The second kappa shape index (κ2) is 6.30. The number of carbonyl (C=O) groups is 1. The Hall–Kier alpha value is -1.82. The van der Waals surface area contributed by atoms with Crippen molar-refractivity contribution in [3.8, 4) is 11.5 Å². The Bertz CT molecular complexity index is 605. The van der Waals surface area contributed by atoms with E-state index in [4.69, 9.17) is 4.42 Å². The summed E-state index contributed by atoms with van der Waals surface area (Å²) in [6.07, 6.45) is 0. The van der Waals surface area contributed by atoms with E-state index in [0.29, 0.717) is 11.1 Å². The summed E-state index contributed by atoms with van der Waals surface area (Å²) in [6.45, 7) is 7.66. The van der Waals surface area contributed by atoms with E-state index in [1.165, 1.54) is 11.8 Å². The lowest BCUT2D eigenvalue weighted by Crippen LogP contribution is -2.44. The van der Waals surface area contributed by atoms with E-state index in [0.717, 1.165) is 5.56 Å². The fraction of sp³-hybridized carbons (Fsp3) is 0.400. The number of aromatic nitrogens is 2. The number of hydrogen-bond donors (Lipinski definition) is 1. The number of thioether (sulfide) groups is 1. The molecule has 1 N–H and O–H groups in total. The molecule has 6 heteroatoms. The number of rotatable bonds is 4. The molecule has 1 atom stereocenters. The minimum absolute atomic E-state index is 0.0491. The summed E-state index contributed by atoms with van der Waals surface area (Å²) >= 11 is 1.26. The molecule has 0 spiro atoms. The number of nitrogens with one attached hydrogen (secondary N) is 1. The summed E-state index contributed by atoms with van der Waals surface area (Å²) < 4.78 is 5.58. The van der Waals surface area contributed by atoms with Crippen molar-refractivity contribution >= 4 is 17.7 Å². The molecule has 0 fully saturated rings. The van der Waals surface area contributed by atoms with Crippen LogP contribution in [0.25, 0.3) is 11.5 Å². The van der Waals surface area contributed by atoms with Crippen molar-refractivity contribution in [2.75, 3.05) is 0 Å². The average molecular weight is 305 g/mol. The molecule has 0 saturated heterocycles. The minimum atomic E-state index is -0.298. The second-order valence-corrected chi connectivity index (χ2v) is 7.03. The molecule has 0 unspecified atom stereocenters. The standard InChI is InChI=1S/C15H19N3O2S/c1-10(12(19)16-15(2,3)4)21-14-18-17-13(20-14)11-8-6-5-7-9-11/h5-10H,1-4H3,(H,16,19)/t10-/m1/s1. The van der Waals surface area contributed by atoms with Gasteiger partial charge in [-0.2, -0.15) is 0 Å². The van der Waals surface area contributed by atoms with Crippen LogP contribution in [-0.2, 0) is 4.79 Å². The molecule has 5 nitrogen and oxygen atoms in total. The van der Waals surface area contributed by atoms with E-state index in [1.54, 1.807) is 0 Å². The maximum absolute atomic E-state index is 12.0. The first kappa shape index (κ1) is 15.6. The zero-order valence-corrected chi connectivity index (χ0v) is 13.4. The van der Waals surface area contributed by atoms with E-state index < -0.39 is 0 Å². The topological polar surface area (TPSA) is 68.0 Å². The molecule has 0 aliphatic heterocycles. The summed E-state index contributed by atoms with van der Waals surface area (Å²) in [7, 11) is 0. The third kappa shape index (κ3) is 4.60. The summed E-state index contributed by atoms with van der Waals surface area (Å²) in [4.78, 5) is 12.0. The second-order valence-electron chi connectivity index (χ2n) is 5.74. The highest BCUT2D eigenvalue weighted by molar-refractivity contribution is 8.00. The van der Waals surface area contributed by atoms with Gasteiger partial charge in [-0.05, 0) is 39.8 Å². The Morgan fingerprint density at radius 2 is 1.90 bits per heavy atom. The van der Waals surface area contributed by atoms with Gasteiger partial charge in [0.25, 0.3) is 5.22 Å². The molecule has 1 aromatic carbocycles. The largest absolute Gasteiger partial charge is 0.411 e. The molecule has 0 saturated carbocycles. The molecule has 1 amide bonds. The fourth-order valence-corrected chi connectivity index (χ4v) is 2.31. The van der Waals surface area contributed by atoms with Gasteiger partial charge < -0.3 is 9.73 Å². The maximum Gasteiger partial charge on any atom is 0.277 e. The lowest BCUT2D eigenvalue weighted by atomic mass is 10.1. The van der Waals surface area contributed by atoms with Gasteiger partial charge in [0.05, 0.1) is 5.25 Å². The van der Waals surface area contributed by atoms with Gasteiger partial charge in [-0.1, -0.05) is 30.0 Å². The van der Waals surface area contributed by atoms with Crippen molar-refractivity contribution < 1.29 is 9.21 Å². The van der Waals surface area contributed by atoms with Crippen molar-refractivity contribution in [1.82, 2.24) is 15.5 Å². The van der Waals surface area contributed by atoms with E-state index in [9.17, 15) is 4.79 Å². The molecule has 2 aromatic rings. The highest BCUT2D eigenvalue weighted by Gasteiger charge is 2.22. The number of benzene rings is 1. The van der Waals surface area contributed by atoms with Gasteiger partial charge >= 0.3 is 0 Å². The van der Waals surface area contributed by atoms with Gasteiger partial charge in [0.15, 0.2) is 0 Å². The van der Waals surface area contributed by atoms with Crippen LogP contribution in [-0.4, -0.2) is 26.9 Å². The van der Waals surface area contributed by atoms with Crippen LogP contribution in [0.15, 0.2) is 40.0 Å². The third-order valence-corrected chi connectivity index (χ3v) is 3.51. The minimum Gasteiger partial charge on any atom is -0.411 e. The molecule has 0 radical (unpaired) electrons. The van der Waals surface area contributed by atoms with Gasteiger partial charge in [0.2, 0.25) is 11.8 Å². The highest BCUT2D eigenvalue weighted by Crippen LogP contribution is 2.26.